The summed E-state index contributed by atoms with van der Waals surface area (Å²) < 4.78 is 5.42. The van der Waals surface area contributed by atoms with Gasteiger partial charge in [0.25, 0.3) is 5.91 Å². The molecule has 3 rings (SSSR count). The van der Waals surface area contributed by atoms with E-state index in [9.17, 15) is 14.7 Å². The third-order valence-corrected chi connectivity index (χ3v) is 5.65. The zero-order chi connectivity index (χ0) is 24.4. The summed E-state index contributed by atoms with van der Waals surface area (Å²) in [4.78, 5) is 32.8. The average molecular weight is 469 g/mol. The van der Waals surface area contributed by atoms with Gasteiger partial charge < -0.3 is 14.7 Å². The quantitative estimate of drug-likeness (QED) is 0.478. The standard InChI is InChI=1S/C26H32N2O4S/c1-25(2,3)16-28(14-17-11-20(33-15-17)13-23(30)32-26(4,5)6)24(31)22-9-7-18-12-19(29)8-10-21(18)27-22/h7-12,15,29H,13-14,16H2,1-6H3. The number of phenolic OH excluding ortho intramolecular Hbond substituents is 1. The van der Waals surface area contributed by atoms with E-state index in [4.69, 9.17) is 4.74 Å². The third-order valence-electron chi connectivity index (χ3n) is 4.66. The number of hydrogen-bond donors (Lipinski definition) is 1. The first-order chi connectivity index (χ1) is 15.3. The van der Waals surface area contributed by atoms with Crippen molar-refractivity contribution >= 4 is 34.1 Å². The molecule has 0 unspecified atom stereocenters. The Labute approximate surface area is 199 Å². The van der Waals surface area contributed by atoms with Crippen molar-refractivity contribution < 1.29 is 19.4 Å². The largest absolute Gasteiger partial charge is 0.508 e. The minimum Gasteiger partial charge on any atom is -0.508 e. The van der Waals surface area contributed by atoms with Crippen LogP contribution in [0.15, 0.2) is 41.8 Å². The molecule has 1 amide bonds. The summed E-state index contributed by atoms with van der Waals surface area (Å²) in [5, 5.41) is 12.4. The first-order valence-corrected chi connectivity index (χ1v) is 11.8. The molecule has 1 aromatic carbocycles. The van der Waals surface area contributed by atoms with Gasteiger partial charge in [0.2, 0.25) is 0 Å². The minimum atomic E-state index is -0.515. The van der Waals surface area contributed by atoms with Crippen LogP contribution >= 0.6 is 11.3 Å². The zero-order valence-electron chi connectivity index (χ0n) is 20.1. The number of thiophene rings is 1. The van der Waals surface area contributed by atoms with Crippen molar-refractivity contribution in [3.05, 3.63) is 57.9 Å². The minimum absolute atomic E-state index is 0.104. The number of carbonyl (C=O) groups is 2. The van der Waals surface area contributed by atoms with E-state index in [1.54, 1.807) is 35.2 Å². The number of phenols is 1. The van der Waals surface area contributed by atoms with Gasteiger partial charge in [0.1, 0.15) is 17.0 Å². The maximum absolute atomic E-state index is 13.4. The van der Waals surface area contributed by atoms with E-state index >= 15 is 0 Å². The number of fused-ring (bicyclic) bond motifs is 1. The van der Waals surface area contributed by atoms with E-state index in [0.29, 0.717) is 24.3 Å². The van der Waals surface area contributed by atoms with Gasteiger partial charge in [-0.1, -0.05) is 26.8 Å². The van der Waals surface area contributed by atoms with Gasteiger partial charge in [-0.3, -0.25) is 9.59 Å². The van der Waals surface area contributed by atoms with Crippen LogP contribution in [0.2, 0.25) is 0 Å². The molecule has 0 aliphatic rings. The molecular formula is C26H32N2O4S. The van der Waals surface area contributed by atoms with Gasteiger partial charge in [0, 0.05) is 23.4 Å². The second kappa shape index (κ2) is 9.51. The van der Waals surface area contributed by atoms with Crippen molar-refractivity contribution in [3.8, 4) is 5.75 Å². The molecule has 0 aliphatic carbocycles. The summed E-state index contributed by atoms with van der Waals surface area (Å²) in [5.41, 5.74) is 1.37. The van der Waals surface area contributed by atoms with Crippen LogP contribution in [0.3, 0.4) is 0 Å². The Kier molecular flexibility index (Phi) is 7.12. The second-order valence-corrected chi connectivity index (χ2v) is 11.5. The first kappa shape index (κ1) is 24.7. The topological polar surface area (TPSA) is 79.7 Å². The predicted molar refractivity (Wildman–Crippen MR) is 131 cm³/mol. The number of aromatic hydroxyl groups is 1. The van der Waals surface area contributed by atoms with Crippen LogP contribution in [0.1, 0.15) is 62.5 Å². The monoisotopic (exact) mass is 468 g/mol. The highest BCUT2D eigenvalue weighted by Gasteiger charge is 2.24. The number of benzene rings is 1. The van der Waals surface area contributed by atoms with Crippen molar-refractivity contribution in [2.75, 3.05) is 6.54 Å². The molecule has 7 heteroatoms. The molecule has 3 aromatic rings. The van der Waals surface area contributed by atoms with Crippen LogP contribution in [-0.2, 0) is 22.5 Å². The van der Waals surface area contributed by atoms with Crippen LogP contribution in [0.25, 0.3) is 10.9 Å². The average Bonchev–Trinajstić information content (AvgIpc) is 3.10. The highest BCUT2D eigenvalue weighted by atomic mass is 32.1. The number of hydrogen-bond acceptors (Lipinski definition) is 6. The molecule has 33 heavy (non-hydrogen) atoms. The summed E-state index contributed by atoms with van der Waals surface area (Å²) in [6, 6.07) is 10.4. The van der Waals surface area contributed by atoms with Gasteiger partial charge in [-0.05, 0) is 67.5 Å². The van der Waals surface area contributed by atoms with Crippen molar-refractivity contribution in [2.24, 2.45) is 5.41 Å². The molecule has 176 valence electrons. The van der Waals surface area contributed by atoms with Crippen molar-refractivity contribution in [3.63, 3.8) is 0 Å². The molecule has 0 saturated heterocycles. The molecule has 0 aliphatic heterocycles. The normalized spacial score (nSPS) is 12.1. The lowest BCUT2D eigenvalue weighted by Crippen LogP contribution is -2.37. The fourth-order valence-electron chi connectivity index (χ4n) is 3.51. The third kappa shape index (κ3) is 7.29. The lowest BCUT2D eigenvalue weighted by atomic mass is 9.95. The van der Waals surface area contributed by atoms with E-state index in [1.165, 1.54) is 11.3 Å². The van der Waals surface area contributed by atoms with Gasteiger partial charge in [0.05, 0.1) is 11.9 Å². The van der Waals surface area contributed by atoms with Crippen molar-refractivity contribution in [1.82, 2.24) is 9.88 Å². The number of nitrogens with zero attached hydrogens (tertiary/aromatic N) is 2. The molecular weight excluding hydrogens is 436 g/mol. The first-order valence-electron chi connectivity index (χ1n) is 11.0. The van der Waals surface area contributed by atoms with Gasteiger partial charge in [-0.15, -0.1) is 11.3 Å². The molecule has 0 bridgehead atoms. The van der Waals surface area contributed by atoms with Crippen LogP contribution in [0.4, 0.5) is 0 Å². The molecule has 6 nitrogen and oxygen atoms in total. The van der Waals surface area contributed by atoms with Crippen LogP contribution < -0.4 is 0 Å². The number of rotatable bonds is 6. The van der Waals surface area contributed by atoms with Gasteiger partial charge in [0.15, 0.2) is 0 Å². The van der Waals surface area contributed by atoms with Gasteiger partial charge >= 0.3 is 5.97 Å². The van der Waals surface area contributed by atoms with Crippen LogP contribution in [0.5, 0.6) is 5.75 Å². The van der Waals surface area contributed by atoms with E-state index in [0.717, 1.165) is 15.8 Å². The van der Waals surface area contributed by atoms with E-state index in [-0.39, 0.29) is 29.5 Å². The Balaban J connectivity index is 1.79. The number of aromatic nitrogens is 1. The zero-order valence-corrected chi connectivity index (χ0v) is 21.0. The Morgan fingerprint density at radius 3 is 2.45 bits per heavy atom. The van der Waals surface area contributed by atoms with E-state index in [2.05, 4.69) is 25.8 Å². The second-order valence-electron chi connectivity index (χ2n) is 10.5. The summed E-state index contributed by atoms with van der Waals surface area (Å²) in [7, 11) is 0. The van der Waals surface area contributed by atoms with Crippen LogP contribution in [-0.4, -0.2) is 39.0 Å². The maximum atomic E-state index is 13.4. The van der Waals surface area contributed by atoms with Crippen molar-refractivity contribution in [1.29, 1.82) is 0 Å². The Bertz CT molecular complexity index is 1160. The summed E-state index contributed by atoms with van der Waals surface area (Å²) in [6.45, 7) is 12.8. The number of amides is 1. The number of esters is 1. The van der Waals surface area contributed by atoms with Gasteiger partial charge in [-0.25, -0.2) is 4.98 Å². The van der Waals surface area contributed by atoms with E-state index < -0.39 is 5.60 Å². The Morgan fingerprint density at radius 2 is 1.79 bits per heavy atom. The summed E-state index contributed by atoms with van der Waals surface area (Å²) in [5.74, 6) is -0.248. The molecule has 0 fully saturated rings. The molecule has 2 heterocycles. The van der Waals surface area contributed by atoms with Crippen molar-refractivity contribution in [2.45, 2.75) is 60.1 Å². The highest BCUT2D eigenvalue weighted by Crippen LogP contribution is 2.24. The fourth-order valence-corrected chi connectivity index (χ4v) is 4.37. The van der Waals surface area contributed by atoms with Gasteiger partial charge in [-0.2, -0.15) is 0 Å². The highest BCUT2D eigenvalue weighted by molar-refractivity contribution is 7.10. The number of ether oxygens (including phenoxy) is 1. The lowest BCUT2D eigenvalue weighted by molar-refractivity contribution is -0.153. The fraction of sp³-hybridized carbons (Fsp3) is 0.423. The predicted octanol–water partition coefficient (Wildman–Crippen LogP) is 5.57. The molecule has 2 aromatic heterocycles. The molecule has 0 spiro atoms. The smallest absolute Gasteiger partial charge is 0.311 e. The summed E-state index contributed by atoms with van der Waals surface area (Å²) >= 11 is 1.50. The Hall–Kier alpha value is -2.93. The molecule has 0 radical (unpaired) electrons. The van der Waals surface area contributed by atoms with E-state index in [1.807, 2.05) is 32.2 Å². The number of pyridine rings is 1. The summed E-state index contributed by atoms with van der Waals surface area (Å²) in [6.07, 6.45) is 0.216. The lowest BCUT2D eigenvalue weighted by Gasteiger charge is -2.29. The molecule has 1 N–H and O–H groups in total. The Morgan fingerprint density at radius 1 is 1.06 bits per heavy atom. The molecule has 0 atom stereocenters. The molecule has 0 saturated carbocycles. The number of carbonyl (C=O) groups excluding carboxylic acids is 2. The SMILES string of the molecule is CC(C)(C)CN(Cc1csc(CC(=O)OC(C)(C)C)c1)C(=O)c1ccc2cc(O)ccc2n1. The van der Waals surface area contributed by atoms with Crippen LogP contribution in [0, 0.1) is 5.41 Å². The maximum Gasteiger partial charge on any atom is 0.311 e.